The lowest BCUT2D eigenvalue weighted by atomic mass is 9.98. The van der Waals surface area contributed by atoms with E-state index in [1.807, 2.05) is 0 Å². The van der Waals surface area contributed by atoms with Gasteiger partial charge in [0.2, 0.25) is 0 Å². The fourth-order valence-electron chi connectivity index (χ4n) is 2.51. The van der Waals surface area contributed by atoms with Crippen LogP contribution in [-0.2, 0) is 9.47 Å². The number of methoxy groups -OCH3 is 1. The summed E-state index contributed by atoms with van der Waals surface area (Å²) in [6.07, 6.45) is -0.587. The molecule has 0 aliphatic carbocycles. The Kier molecular flexibility index (Phi) is 6.98. The van der Waals surface area contributed by atoms with Gasteiger partial charge in [0.15, 0.2) is 5.78 Å². The van der Waals surface area contributed by atoms with Crippen LogP contribution in [-0.4, -0.2) is 37.2 Å². The minimum absolute atomic E-state index is 0.132. The molecule has 1 N–H and O–H groups in total. The monoisotopic (exact) mass is 399 g/mol. The Labute approximate surface area is 170 Å². The van der Waals surface area contributed by atoms with Gasteiger partial charge in [-0.3, -0.25) is 10.1 Å². The molecule has 154 valence electrons. The Morgan fingerprint density at radius 1 is 0.966 bits per heavy atom. The van der Waals surface area contributed by atoms with Crippen LogP contribution in [0.4, 0.5) is 10.5 Å². The van der Waals surface area contributed by atoms with Crippen molar-refractivity contribution >= 4 is 23.5 Å². The molecule has 0 atom stereocenters. The van der Waals surface area contributed by atoms with E-state index in [1.54, 1.807) is 58.0 Å². The van der Waals surface area contributed by atoms with Crippen molar-refractivity contribution in [1.82, 2.24) is 0 Å². The fourth-order valence-corrected chi connectivity index (χ4v) is 2.51. The quantitative estimate of drug-likeness (QED) is 0.570. The Hall–Kier alpha value is -3.35. The molecule has 0 spiro atoms. The molecule has 0 heterocycles. The molecule has 2 rings (SSSR count). The smallest absolute Gasteiger partial charge is 0.412 e. The lowest BCUT2D eigenvalue weighted by molar-refractivity contribution is 0.0522. The second-order valence-electron chi connectivity index (χ2n) is 7.17. The maximum Gasteiger partial charge on any atom is 0.412 e. The second-order valence-corrected chi connectivity index (χ2v) is 7.17. The lowest BCUT2D eigenvalue weighted by Crippen LogP contribution is -2.27. The van der Waals surface area contributed by atoms with E-state index in [0.717, 1.165) is 0 Å². The van der Waals surface area contributed by atoms with E-state index in [2.05, 4.69) is 5.32 Å². The van der Waals surface area contributed by atoms with E-state index >= 15 is 0 Å². The molecule has 1 amide bonds. The van der Waals surface area contributed by atoms with Crippen LogP contribution in [0.15, 0.2) is 42.5 Å². The maximum atomic E-state index is 12.9. The lowest BCUT2D eigenvalue weighted by Gasteiger charge is -2.19. The molecule has 0 unspecified atom stereocenters. The van der Waals surface area contributed by atoms with Crippen molar-refractivity contribution < 1.29 is 28.6 Å². The molecule has 0 aliphatic rings. The minimum Gasteiger partial charge on any atom is -0.497 e. The van der Waals surface area contributed by atoms with Crippen LogP contribution >= 0.6 is 0 Å². The number of anilines is 1. The number of hydrogen-bond donors (Lipinski definition) is 1. The number of ketones is 1. The largest absolute Gasteiger partial charge is 0.497 e. The number of rotatable bonds is 6. The standard InChI is InChI=1S/C22H25NO6/c1-6-28-20(25)18-13-16(27-5)11-12-17(18)19(24)14-7-9-15(10-8-14)23-21(26)29-22(2,3)4/h7-13H,6H2,1-5H3,(H,23,26). The van der Waals surface area contributed by atoms with Crippen LogP contribution < -0.4 is 10.1 Å². The maximum absolute atomic E-state index is 12.9. The highest BCUT2D eigenvalue weighted by Gasteiger charge is 2.21. The summed E-state index contributed by atoms with van der Waals surface area (Å²) in [5, 5.41) is 2.60. The van der Waals surface area contributed by atoms with Crippen molar-refractivity contribution in [2.75, 3.05) is 19.0 Å². The summed E-state index contributed by atoms with van der Waals surface area (Å²) >= 11 is 0. The number of carbonyl (C=O) groups excluding carboxylic acids is 3. The van der Waals surface area contributed by atoms with Crippen molar-refractivity contribution in [2.45, 2.75) is 33.3 Å². The molecular formula is C22H25NO6. The van der Waals surface area contributed by atoms with Gasteiger partial charge in [0.1, 0.15) is 11.4 Å². The Balaban J connectivity index is 2.24. The number of benzene rings is 2. The van der Waals surface area contributed by atoms with Crippen molar-refractivity contribution in [2.24, 2.45) is 0 Å². The summed E-state index contributed by atoms with van der Waals surface area (Å²) in [6.45, 7) is 7.18. The number of carbonyl (C=O) groups is 3. The van der Waals surface area contributed by atoms with Gasteiger partial charge in [-0.05, 0) is 70.2 Å². The van der Waals surface area contributed by atoms with Gasteiger partial charge >= 0.3 is 12.1 Å². The third kappa shape index (κ3) is 6.07. The molecular weight excluding hydrogens is 374 g/mol. The topological polar surface area (TPSA) is 90.9 Å². The summed E-state index contributed by atoms with van der Waals surface area (Å²) in [5.41, 5.74) is 0.563. The van der Waals surface area contributed by atoms with Gasteiger partial charge in [-0.2, -0.15) is 0 Å². The van der Waals surface area contributed by atoms with Gasteiger partial charge in [-0.1, -0.05) is 0 Å². The zero-order chi connectivity index (χ0) is 21.6. The van der Waals surface area contributed by atoms with E-state index in [9.17, 15) is 14.4 Å². The Bertz CT molecular complexity index is 897. The van der Waals surface area contributed by atoms with Gasteiger partial charge in [0, 0.05) is 16.8 Å². The average molecular weight is 399 g/mol. The summed E-state index contributed by atoms with van der Waals surface area (Å²) in [6, 6.07) is 10.9. The van der Waals surface area contributed by atoms with Gasteiger partial charge in [-0.25, -0.2) is 9.59 Å². The third-order valence-corrected chi connectivity index (χ3v) is 3.76. The first-order chi connectivity index (χ1) is 13.6. The summed E-state index contributed by atoms with van der Waals surface area (Å²) < 4.78 is 15.4. The average Bonchev–Trinajstić information content (AvgIpc) is 2.66. The van der Waals surface area contributed by atoms with E-state index in [0.29, 0.717) is 17.0 Å². The zero-order valence-corrected chi connectivity index (χ0v) is 17.2. The van der Waals surface area contributed by atoms with Crippen LogP contribution in [0.3, 0.4) is 0 Å². The van der Waals surface area contributed by atoms with Gasteiger partial charge in [0.05, 0.1) is 19.3 Å². The summed E-state index contributed by atoms with van der Waals surface area (Å²) in [5.74, 6) is -0.501. The van der Waals surface area contributed by atoms with Crippen LogP contribution in [0.5, 0.6) is 5.75 Å². The van der Waals surface area contributed by atoms with Crippen molar-refractivity contribution in [1.29, 1.82) is 0 Å². The number of hydrogen-bond acceptors (Lipinski definition) is 6. The van der Waals surface area contributed by atoms with Crippen LogP contribution in [0.2, 0.25) is 0 Å². The molecule has 0 bridgehead atoms. The predicted molar refractivity (Wildman–Crippen MR) is 109 cm³/mol. The zero-order valence-electron chi connectivity index (χ0n) is 17.2. The van der Waals surface area contributed by atoms with Gasteiger partial charge < -0.3 is 14.2 Å². The van der Waals surface area contributed by atoms with Crippen molar-refractivity contribution in [3.8, 4) is 5.75 Å². The van der Waals surface area contributed by atoms with Crippen LogP contribution in [0.1, 0.15) is 54.0 Å². The second kappa shape index (κ2) is 9.23. The van der Waals surface area contributed by atoms with E-state index in [-0.39, 0.29) is 23.5 Å². The van der Waals surface area contributed by atoms with Crippen molar-refractivity contribution in [3.63, 3.8) is 0 Å². The molecule has 29 heavy (non-hydrogen) atoms. The fraction of sp³-hybridized carbons (Fsp3) is 0.318. The van der Waals surface area contributed by atoms with Gasteiger partial charge in [0.25, 0.3) is 0 Å². The highest BCUT2D eigenvalue weighted by molar-refractivity contribution is 6.14. The molecule has 2 aromatic rings. The normalized spacial score (nSPS) is 10.8. The molecule has 7 nitrogen and oxygen atoms in total. The minimum atomic E-state index is -0.613. The summed E-state index contributed by atoms with van der Waals surface area (Å²) in [4.78, 5) is 37.0. The van der Waals surface area contributed by atoms with Crippen molar-refractivity contribution in [3.05, 3.63) is 59.2 Å². The molecule has 0 fully saturated rings. The van der Waals surface area contributed by atoms with Crippen LogP contribution in [0, 0.1) is 0 Å². The van der Waals surface area contributed by atoms with E-state index in [1.165, 1.54) is 19.2 Å². The van der Waals surface area contributed by atoms with E-state index in [4.69, 9.17) is 14.2 Å². The number of nitrogens with one attached hydrogen (secondary N) is 1. The Morgan fingerprint density at radius 2 is 1.62 bits per heavy atom. The van der Waals surface area contributed by atoms with Crippen LogP contribution in [0.25, 0.3) is 0 Å². The number of esters is 1. The number of amides is 1. The molecule has 2 aromatic carbocycles. The van der Waals surface area contributed by atoms with Gasteiger partial charge in [-0.15, -0.1) is 0 Å². The number of ether oxygens (including phenoxy) is 3. The highest BCUT2D eigenvalue weighted by atomic mass is 16.6. The first kappa shape index (κ1) is 21.9. The molecule has 0 saturated carbocycles. The molecule has 0 aliphatic heterocycles. The molecule has 0 aromatic heterocycles. The third-order valence-electron chi connectivity index (χ3n) is 3.76. The van der Waals surface area contributed by atoms with E-state index < -0.39 is 17.7 Å². The predicted octanol–water partition coefficient (Wildman–Crippen LogP) is 4.45. The molecule has 0 saturated heterocycles. The first-order valence-electron chi connectivity index (χ1n) is 9.14. The first-order valence-corrected chi connectivity index (χ1v) is 9.14. The molecule has 7 heteroatoms. The SMILES string of the molecule is CCOC(=O)c1cc(OC)ccc1C(=O)c1ccc(NC(=O)OC(C)(C)C)cc1. The molecule has 0 radical (unpaired) electrons. The summed E-state index contributed by atoms with van der Waals surface area (Å²) in [7, 11) is 1.47. The highest BCUT2D eigenvalue weighted by Crippen LogP contribution is 2.22. The Morgan fingerprint density at radius 3 is 2.17 bits per heavy atom.